The van der Waals surface area contributed by atoms with Gasteiger partial charge in [0.15, 0.2) is 0 Å². The number of aromatic carboxylic acids is 1. The minimum Gasteiger partial charge on any atom is -0.478 e. The largest absolute Gasteiger partial charge is 0.478 e. The second-order valence-electron chi connectivity index (χ2n) is 2.78. The summed E-state index contributed by atoms with van der Waals surface area (Å²) >= 11 is 0. The van der Waals surface area contributed by atoms with E-state index in [-0.39, 0.29) is 17.8 Å². The lowest BCUT2D eigenvalue weighted by Crippen LogP contribution is -2.28. The van der Waals surface area contributed by atoms with E-state index in [1.807, 2.05) is 0 Å². The van der Waals surface area contributed by atoms with Gasteiger partial charge in [0.05, 0.1) is 24.0 Å². The maximum Gasteiger partial charge on any atom is 0.337 e. The van der Waals surface area contributed by atoms with Crippen LogP contribution in [0, 0.1) is 12.3 Å². The third-order valence-electron chi connectivity index (χ3n) is 1.59. The van der Waals surface area contributed by atoms with E-state index in [4.69, 9.17) is 11.5 Å². The molecule has 0 unspecified atom stereocenters. The van der Waals surface area contributed by atoms with Crippen molar-refractivity contribution in [2.45, 2.75) is 0 Å². The van der Waals surface area contributed by atoms with E-state index in [2.05, 4.69) is 21.5 Å². The Labute approximate surface area is 91.7 Å². The van der Waals surface area contributed by atoms with E-state index in [9.17, 15) is 9.59 Å². The summed E-state index contributed by atoms with van der Waals surface area (Å²) in [5.74, 6) is 1.12. The molecule has 6 heteroatoms. The quantitative estimate of drug-likeness (QED) is 0.647. The molecule has 1 heterocycles. The second kappa shape index (κ2) is 5.36. The van der Waals surface area contributed by atoms with Gasteiger partial charge in [-0.25, -0.2) is 9.59 Å². The zero-order valence-corrected chi connectivity index (χ0v) is 8.23. The molecule has 0 radical (unpaired) electrons. The van der Waals surface area contributed by atoms with Crippen LogP contribution in [-0.4, -0.2) is 28.6 Å². The molecule has 1 rings (SSSR count). The Kier molecular flexibility index (Phi) is 3.86. The molecule has 0 aliphatic rings. The maximum absolute atomic E-state index is 11.2. The average Bonchev–Trinajstić information content (AvgIpc) is 2.26. The highest BCUT2D eigenvalue weighted by molar-refractivity contribution is 5.92. The third-order valence-corrected chi connectivity index (χ3v) is 1.59. The van der Waals surface area contributed by atoms with Crippen LogP contribution in [0.2, 0.25) is 0 Å². The number of carboxylic acid groups (broad SMARTS) is 1. The average molecular weight is 219 g/mol. The van der Waals surface area contributed by atoms with Crippen molar-refractivity contribution >= 4 is 17.7 Å². The molecule has 82 valence electrons. The van der Waals surface area contributed by atoms with Gasteiger partial charge in [-0.3, -0.25) is 4.98 Å². The number of urea groups is 1. The molecule has 0 atom stereocenters. The van der Waals surface area contributed by atoms with E-state index >= 15 is 0 Å². The maximum atomic E-state index is 11.2. The molecule has 3 N–H and O–H groups in total. The molecule has 0 aliphatic carbocycles. The number of hydrogen-bond donors (Lipinski definition) is 3. The Morgan fingerprint density at radius 1 is 1.50 bits per heavy atom. The zero-order valence-electron chi connectivity index (χ0n) is 8.23. The Bertz CT molecular complexity index is 451. The van der Waals surface area contributed by atoms with Gasteiger partial charge in [0.2, 0.25) is 0 Å². The fraction of sp³-hybridized carbons (Fsp3) is 0.100. The lowest BCUT2D eigenvalue weighted by Gasteiger charge is -2.05. The molecule has 0 saturated heterocycles. The van der Waals surface area contributed by atoms with Gasteiger partial charge in [0.1, 0.15) is 0 Å². The normalized spacial score (nSPS) is 8.94. The van der Waals surface area contributed by atoms with E-state index in [0.29, 0.717) is 0 Å². The van der Waals surface area contributed by atoms with Gasteiger partial charge in [-0.2, -0.15) is 0 Å². The predicted molar refractivity (Wildman–Crippen MR) is 57.1 cm³/mol. The minimum atomic E-state index is -1.11. The summed E-state index contributed by atoms with van der Waals surface area (Å²) in [5.41, 5.74) is 0.282. The third kappa shape index (κ3) is 3.31. The van der Waals surface area contributed by atoms with Crippen LogP contribution in [0.5, 0.6) is 0 Å². The first-order valence-electron chi connectivity index (χ1n) is 4.30. The summed E-state index contributed by atoms with van der Waals surface area (Å²) in [6, 6.07) is 0.785. The number of nitrogens with one attached hydrogen (secondary N) is 2. The van der Waals surface area contributed by atoms with Gasteiger partial charge in [-0.05, 0) is 6.07 Å². The monoisotopic (exact) mass is 219 g/mol. The number of amides is 2. The van der Waals surface area contributed by atoms with Crippen molar-refractivity contribution in [1.82, 2.24) is 10.3 Å². The van der Waals surface area contributed by atoms with Crippen LogP contribution in [0.4, 0.5) is 10.5 Å². The number of terminal acetylenes is 1. The number of aromatic nitrogens is 1. The number of carbonyl (C=O) groups excluding carboxylic acids is 1. The molecule has 6 nitrogen and oxygen atoms in total. The molecule has 1 aromatic heterocycles. The van der Waals surface area contributed by atoms with Crippen LogP contribution in [0.15, 0.2) is 18.5 Å². The van der Waals surface area contributed by atoms with Crippen molar-refractivity contribution in [2.75, 3.05) is 11.9 Å². The molecule has 0 saturated carbocycles. The number of anilines is 1. The number of pyridine rings is 1. The fourth-order valence-electron chi connectivity index (χ4n) is 0.932. The van der Waals surface area contributed by atoms with Crippen LogP contribution in [0.1, 0.15) is 10.4 Å². The Morgan fingerprint density at radius 2 is 2.25 bits per heavy atom. The summed E-state index contributed by atoms with van der Waals surface area (Å²) in [4.78, 5) is 25.5. The molecule has 2 amide bonds. The van der Waals surface area contributed by atoms with Crippen LogP contribution in [0.3, 0.4) is 0 Å². The predicted octanol–water partition coefficient (Wildman–Crippen LogP) is 0.534. The highest BCUT2D eigenvalue weighted by Gasteiger charge is 2.05. The molecular weight excluding hydrogens is 210 g/mol. The first kappa shape index (κ1) is 11.5. The fourth-order valence-corrected chi connectivity index (χ4v) is 0.932. The number of rotatable bonds is 3. The number of carbonyl (C=O) groups is 2. The van der Waals surface area contributed by atoms with Crippen LogP contribution < -0.4 is 10.6 Å². The topological polar surface area (TPSA) is 91.3 Å². The van der Waals surface area contributed by atoms with Crippen molar-refractivity contribution in [3.8, 4) is 12.3 Å². The molecule has 0 bridgehead atoms. The highest BCUT2D eigenvalue weighted by atomic mass is 16.4. The minimum absolute atomic E-state index is 0.00486. The second-order valence-corrected chi connectivity index (χ2v) is 2.78. The zero-order chi connectivity index (χ0) is 12.0. The van der Waals surface area contributed by atoms with E-state index in [1.165, 1.54) is 18.5 Å². The summed E-state index contributed by atoms with van der Waals surface area (Å²) < 4.78 is 0. The van der Waals surface area contributed by atoms with Crippen molar-refractivity contribution in [2.24, 2.45) is 0 Å². The van der Waals surface area contributed by atoms with E-state index in [0.717, 1.165) is 0 Å². The van der Waals surface area contributed by atoms with Gasteiger partial charge in [0, 0.05) is 6.20 Å². The molecule has 0 aliphatic heterocycles. The molecule has 0 fully saturated rings. The molecule has 0 spiro atoms. The lowest BCUT2D eigenvalue weighted by molar-refractivity contribution is 0.0696. The van der Waals surface area contributed by atoms with E-state index < -0.39 is 12.0 Å². The van der Waals surface area contributed by atoms with Gasteiger partial charge in [-0.15, -0.1) is 6.42 Å². The van der Waals surface area contributed by atoms with Crippen molar-refractivity contribution in [3.05, 3.63) is 24.0 Å². The van der Waals surface area contributed by atoms with Gasteiger partial charge in [-0.1, -0.05) is 5.92 Å². The summed E-state index contributed by atoms with van der Waals surface area (Å²) in [6.45, 7) is 0.0951. The molecule has 16 heavy (non-hydrogen) atoms. The molecular formula is C10H9N3O3. The van der Waals surface area contributed by atoms with Gasteiger partial charge >= 0.3 is 12.0 Å². The first-order valence-corrected chi connectivity index (χ1v) is 4.30. The number of hydrogen-bond acceptors (Lipinski definition) is 3. The van der Waals surface area contributed by atoms with Gasteiger partial charge < -0.3 is 15.7 Å². The smallest absolute Gasteiger partial charge is 0.337 e. The number of carboxylic acids is 1. The highest BCUT2D eigenvalue weighted by Crippen LogP contribution is 2.07. The molecule has 0 aromatic carbocycles. The van der Waals surface area contributed by atoms with Crippen molar-refractivity contribution < 1.29 is 14.7 Å². The van der Waals surface area contributed by atoms with E-state index in [1.54, 1.807) is 0 Å². The SMILES string of the molecule is C#CCNC(=O)Nc1cncc(C(=O)O)c1. The summed E-state index contributed by atoms with van der Waals surface area (Å²) in [7, 11) is 0. The Hall–Kier alpha value is -2.55. The number of nitrogens with zero attached hydrogens (tertiary/aromatic N) is 1. The van der Waals surface area contributed by atoms with Crippen LogP contribution in [-0.2, 0) is 0 Å². The first-order chi connectivity index (χ1) is 7.63. The summed E-state index contributed by atoms with van der Waals surface area (Å²) in [6.07, 6.45) is 7.47. The van der Waals surface area contributed by atoms with Gasteiger partial charge in [0.25, 0.3) is 0 Å². The van der Waals surface area contributed by atoms with Crippen LogP contribution in [0.25, 0.3) is 0 Å². The van der Waals surface area contributed by atoms with Crippen molar-refractivity contribution in [1.29, 1.82) is 0 Å². The van der Waals surface area contributed by atoms with Crippen molar-refractivity contribution in [3.63, 3.8) is 0 Å². The summed E-state index contributed by atoms with van der Waals surface area (Å²) in [5, 5.41) is 13.5. The lowest BCUT2D eigenvalue weighted by atomic mass is 10.3. The molecule has 1 aromatic rings. The van der Waals surface area contributed by atoms with Crippen LogP contribution >= 0.6 is 0 Å². The Balaban J connectivity index is 2.67. The Morgan fingerprint density at radius 3 is 2.88 bits per heavy atom. The standard InChI is InChI=1S/C10H9N3O3/c1-2-3-12-10(16)13-8-4-7(9(14)15)5-11-6-8/h1,4-6H,3H2,(H,14,15)(H2,12,13,16).